The lowest BCUT2D eigenvalue weighted by Crippen LogP contribution is -2.14. The maximum atomic E-state index is 12.5. The highest BCUT2D eigenvalue weighted by Gasteiger charge is 2.12. The molecule has 0 aliphatic carbocycles. The Morgan fingerprint density at radius 2 is 1.92 bits per heavy atom. The third-order valence-electron chi connectivity index (χ3n) is 4.24. The highest BCUT2D eigenvalue weighted by molar-refractivity contribution is 6.02. The number of nitrogens with one attached hydrogen (secondary N) is 1. The summed E-state index contributed by atoms with van der Waals surface area (Å²) in [5.41, 5.74) is 3.72. The predicted molar refractivity (Wildman–Crippen MR) is 97.0 cm³/mol. The lowest BCUT2D eigenvalue weighted by atomic mass is 10.1. The molecular formula is C20H17N3O. The Bertz CT molecular complexity index is 1040. The number of hydrogen-bond acceptors (Lipinski definition) is 2. The van der Waals surface area contributed by atoms with Crippen molar-refractivity contribution >= 4 is 33.4 Å². The third-order valence-corrected chi connectivity index (χ3v) is 4.24. The van der Waals surface area contributed by atoms with E-state index in [-0.39, 0.29) is 5.91 Å². The maximum Gasteiger partial charge on any atom is 0.228 e. The van der Waals surface area contributed by atoms with E-state index < -0.39 is 0 Å². The SMILES string of the molecule is Cn1cc(CC(=O)Nc2cccc3cccnc23)c2ccccc21. The van der Waals surface area contributed by atoms with Crippen molar-refractivity contribution in [3.8, 4) is 0 Å². The van der Waals surface area contributed by atoms with Crippen molar-refractivity contribution in [2.75, 3.05) is 5.32 Å². The number of aryl methyl sites for hydroxylation is 1. The van der Waals surface area contributed by atoms with Gasteiger partial charge in [-0.1, -0.05) is 36.4 Å². The van der Waals surface area contributed by atoms with Crippen LogP contribution in [0.5, 0.6) is 0 Å². The van der Waals surface area contributed by atoms with Crippen LogP contribution in [-0.2, 0) is 18.3 Å². The first kappa shape index (κ1) is 14.5. The number of pyridine rings is 1. The van der Waals surface area contributed by atoms with Gasteiger partial charge in [-0.3, -0.25) is 9.78 Å². The van der Waals surface area contributed by atoms with Crippen molar-refractivity contribution in [1.29, 1.82) is 0 Å². The van der Waals surface area contributed by atoms with Crippen LogP contribution in [0.25, 0.3) is 21.8 Å². The van der Waals surface area contributed by atoms with Crippen molar-refractivity contribution in [3.05, 3.63) is 72.6 Å². The van der Waals surface area contributed by atoms with Gasteiger partial charge < -0.3 is 9.88 Å². The largest absolute Gasteiger partial charge is 0.350 e. The van der Waals surface area contributed by atoms with Crippen LogP contribution < -0.4 is 5.32 Å². The summed E-state index contributed by atoms with van der Waals surface area (Å²) in [5.74, 6) is -0.0375. The average molecular weight is 315 g/mol. The lowest BCUT2D eigenvalue weighted by Gasteiger charge is -2.07. The normalized spacial score (nSPS) is 11.0. The van der Waals surface area contributed by atoms with Crippen LogP contribution in [0, 0.1) is 0 Å². The molecule has 2 aromatic heterocycles. The Labute approximate surface area is 139 Å². The van der Waals surface area contributed by atoms with E-state index in [9.17, 15) is 4.79 Å². The molecule has 1 N–H and O–H groups in total. The molecule has 24 heavy (non-hydrogen) atoms. The minimum atomic E-state index is -0.0375. The number of carbonyl (C=O) groups is 1. The van der Waals surface area contributed by atoms with E-state index in [2.05, 4.69) is 27.0 Å². The van der Waals surface area contributed by atoms with E-state index in [0.717, 1.165) is 33.1 Å². The van der Waals surface area contributed by atoms with E-state index in [1.54, 1.807) is 6.20 Å². The number of anilines is 1. The van der Waals surface area contributed by atoms with Gasteiger partial charge in [0.05, 0.1) is 17.6 Å². The molecule has 4 rings (SSSR count). The van der Waals surface area contributed by atoms with Gasteiger partial charge >= 0.3 is 0 Å². The van der Waals surface area contributed by atoms with Gasteiger partial charge in [-0.2, -0.15) is 0 Å². The van der Waals surface area contributed by atoms with Gasteiger partial charge in [0.25, 0.3) is 0 Å². The summed E-state index contributed by atoms with van der Waals surface area (Å²) in [7, 11) is 2.00. The van der Waals surface area contributed by atoms with Crippen LogP contribution >= 0.6 is 0 Å². The van der Waals surface area contributed by atoms with Crippen molar-refractivity contribution in [3.63, 3.8) is 0 Å². The van der Waals surface area contributed by atoms with Crippen LogP contribution in [0.4, 0.5) is 5.69 Å². The summed E-state index contributed by atoms with van der Waals surface area (Å²) in [6.07, 6.45) is 4.10. The molecule has 4 heteroatoms. The number of amides is 1. The average Bonchev–Trinajstić information content (AvgIpc) is 2.91. The molecule has 0 atom stereocenters. The monoisotopic (exact) mass is 315 g/mol. The third kappa shape index (κ3) is 2.52. The van der Waals surface area contributed by atoms with Crippen LogP contribution in [0.15, 0.2) is 67.0 Å². The first-order chi connectivity index (χ1) is 11.7. The molecule has 0 spiro atoms. The standard InChI is InChI=1S/C20H17N3O/c1-23-13-15(16-8-2-3-10-18(16)23)12-19(24)22-17-9-4-6-14-7-5-11-21-20(14)17/h2-11,13H,12H2,1H3,(H,22,24). The number of nitrogens with zero attached hydrogens (tertiary/aromatic N) is 2. The van der Waals surface area contributed by atoms with Gasteiger partial charge in [0, 0.05) is 35.7 Å². The zero-order valence-electron chi connectivity index (χ0n) is 13.4. The fourth-order valence-electron chi connectivity index (χ4n) is 3.14. The van der Waals surface area contributed by atoms with Crippen LogP contribution in [0.3, 0.4) is 0 Å². The summed E-state index contributed by atoms with van der Waals surface area (Å²) in [6, 6.07) is 17.8. The number of aromatic nitrogens is 2. The first-order valence-electron chi connectivity index (χ1n) is 7.89. The number of fused-ring (bicyclic) bond motifs is 2. The summed E-state index contributed by atoms with van der Waals surface area (Å²) in [5, 5.41) is 5.13. The second-order valence-electron chi connectivity index (χ2n) is 5.89. The lowest BCUT2D eigenvalue weighted by molar-refractivity contribution is -0.115. The fraction of sp³-hybridized carbons (Fsp3) is 0.100. The van der Waals surface area contributed by atoms with Crippen molar-refractivity contribution < 1.29 is 4.79 Å². The molecule has 2 aromatic carbocycles. The molecule has 1 amide bonds. The van der Waals surface area contributed by atoms with Gasteiger partial charge in [-0.05, 0) is 23.8 Å². The molecule has 0 saturated carbocycles. The van der Waals surface area contributed by atoms with Gasteiger partial charge in [-0.25, -0.2) is 0 Å². The topological polar surface area (TPSA) is 46.9 Å². The summed E-state index contributed by atoms with van der Waals surface area (Å²) >= 11 is 0. The zero-order valence-corrected chi connectivity index (χ0v) is 13.4. The molecule has 4 aromatic rings. The zero-order chi connectivity index (χ0) is 16.5. The summed E-state index contributed by atoms with van der Waals surface area (Å²) in [4.78, 5) is 16.9. The van der Waals surface area contributed by atoms with Gasteiger partial charge in [0.1, 0.15) is 0 Å². The van der Waals surface area contributed by atoms with E-state index in [1.165, 1.54) is 0 Å². The Hall–Kier alpha value is -3.14. The van der Waals surface area contributed by atoms with Crippen molar-refractivity contribution in [2.24, 2.45) is 7.05 Å². The Morgan fingerprint density at radius 1 is 1.08 bits per heavy atom. The maximum absolute atomic E-state index is 12.5. The van der Waals surface area contributed by atoms with E-state index in [0.29, 0.717) is 6.42 Å². The molecule has 0 aliphatic heterocycles. The quantitative estimate of drug-likeness (QED) is 0.623. The molecular weight excluding hydrogens is 298 g/mol. The number of carbonyl (C=O) groups excluding carboxylic acids is 1. The van der Waals surface area contributed by atoms with Crippen LogP contribution in [0.2, 0.25) is 0 Å². The Balaban J connectivity index is 1.62. The highest BCUT2D eigenvalue weighted by Crippen LogP contribution is 2.23. The van der Waals surface area contributed by atoms with Crippen LogP contribution in [0.1, 0.15) is 5.56 Å². The molecule has 2 heterocycles. The minimum Gasteiger partial charge on any atom is -0.350 e. The molecule has 118 valence electrons. The van der Waals surface area contributed by atoms with Gasteiger partial charge in [0.15, 0.2) is 0 Å². The second kappa shape index (κ2) is 5.81. The molecule has 0 fully saturated rings. The van der Waals surface area contributed by atoms with Crippen LogP contribution in [-0.4, -0.2) is 15.5 Å². The van der Waals surface area contributed by atoms with E-state index >= 15 is 0 Å². The summed E-state index contributed by atoms with van der Waals surface area (Å²) < 4.78 is 2.05. The highest BCUT2D eigenvalue weighted by atomic mass is 16.1. The van der Waals surface area contributed by atoms with Crippen molar-refractivity contribution in [2.45, 2.75) is 6.42 Å². The van der Waals surface area contributed by atoms with E-state index in [1.807, 2.05) is 55.7 Å². The molecule has 0 bridgehead atoms. The molecule has 0 saturated heterocycles. The molecule has 4 nitrogen and oxygen atoms in total. The number of para-hydroxylation sites is 2. The molecule has 0 aliphatic rings. The van der Waals surface area contributed by atoms with Gasteiger partial charge in [-0.15, -0.1) is 0 Å². The molecule has 0 radical (unpaired) electrons. The van der Waals surface area contributed by atoms with Crippen molar-refractivity contribution in [1.82, 2.24) is 9.55 Å². The van der Waals surface area contributed by atoms with E-state index in [4.69, 9.17) is 0 Å². The molecule has 0 unspecified atom stereocenters. The number of hydrogen-bond donors (Lipinski definition) is 1. The summed E-state index contributed by atoms with van der Waals surface area (Å²) in [6.45, 7) is 0. The number of benzene rings is 2. The Kier molecular flexibility index (Phi) is 3.50. The fourth-order valence-corrected chi connectivity index (χ4v) is 3.14. The predicted octanol–water partition coefficient (Wildman–Crippen LogP) is 3.91. The van der Waals surface area contributed by atoms with Gasteiger partial charge in [0.2, 0.25) is 5.91 Å². The Morgan fingerprint density at radius 3 is 2.83 bits per heavy atom. The minimum absolute atomic E-state index is 0.0375. The number of rotatable bonds is 3. The second-order valence-corrected chi connectivity index (χ2v) is 5.89. The smallest absolute Gasteiger partial charge is 0.228 e. The first-order valence-corrected chi connectivity index (χ1v) is 7.89.